The van der Waals surface area contributed by atoms with Crippen LogP contribution in [0.1, 0.15) is 25.5 Å². The predicted molar refractivity (Wildman–Crippen MR) is 75.9 cm³/mol. The van der Waals surface area contributed by atoms with E-state index in [0.29, 0.717) is 0 Å². The van der Waals surface area contributed by atoms with Crippen LogP contribution in [0.3, 0.4) is 0 Å². The Labute approximate surface area is 118 Å². The van der Waals surface area contributed by atoms with Gasteiger partial charge in [0.05, 0.1) is 17.2 Å². The standard InChI is InChI=1S/C13H13BrN4O/c14-13-8-6-15-17-10(8)5-11-9(13)7-16-18(11)12-3-1-2-4-19-12/h5-7,12,16H,1-4H2. The first-order valence-corrected chi connectivity index (χ1v) is 7.25. The highest BCUT2D eigenvalue weighted by atomic mass is 79.9. The molecule has 0 radical (unpaired) electrons. The Morgan fingerprint density at radius 3 is 3.16 bits per heavy atom. The summed E-state index contributed by atoms with van der Waals surface area (Å²) in [5.41, 5.74) is 2.01. The number of nitrogens with zero attached hydrogens (tertiary/aromatic N) is 3. The van der Waals surface area contributed by atoms with Crippen molar-refractivity contribution in [3.05, 3.63) is 22.9 Å². The van der Waals surface area contributed by atoms with Crippen LogP contribution < -0.4 is 0 Å². The average molecular weight is 321 g/mol. The minimum Gasteiger partial charge on any atom is -0.357 e. The lowest BCUT2D eigenvalue weighted by molar-refractivity contribution is -0.0366. The third-order valence-corrected chi connectivity index (χ3v) is 4.56. The van der Waals surface area contributed by atoms with Crippen LogP contribution in [-0.2, 0) is 4.74 Å². The van der Waals surface area contributed by atoms with Crippen LogP contribution in [0.25, 0.3) is 21.8 Å². The van der Waals surface area contributed by atoms with E-state index in [-0.39, 0.29) is 6.23 Å². The van der Waals surface area contributed by atoms with Crippen molar-refractivity contribution in [3.8, 4) is 0 Å². The summed E-state index contributed by atoms with van der Waals surface area (Å²) in [7, 11) is 0. The molecule has 0 bridgehead atoms. The maximum atomic E-state index is 5.84. The predicted octanol–water partition coefficient (Wildman–Crippen LogP) is 3.37. The van der Waals surface area contributed by atoms with E-state index in [9.17, 15) is 0 Å². The number of halogens is 1. The Morgan fingerprint density at radius 1 is 1.37 bits per heavy atom. The Morgan fingerprint density at radius 2 is 2.32 bits per heavy atom. The molecular weight excluding hydrogens is 308 g/mol. The number of fused-ring (bicyclic) bond motifs is 2. The molecule has 1 N–H and O–H groups in total. The molecule has 1 aliphatic heterocycles. The van der Waals surface area contributed by atoms with Gasteiger partial charge in [-0.15, -0.1) is 0 Å². The summed E-state index contributed by atoms with van der Waals surface area (Å²) in [6.07, 6.45) is 7.29. The molecular formula is C13H13BrN4O. The van der Waals surface area contributed by atoms with Crippen molar-refractivity contribution in [2.75, 3.05) is 6.61 Å². The van der Waals surface area contributed by atoms with E-state index in [2.05, 4.69) is 42.0 Å². The number of rotatable bonds is 1. The number of ether oxygens (including phenoxy) is 1. The normalized spacial score (nSPS) is 20.4. The highest BCUT2D eigenvalue weighted by Crippen LogP contribution is 2.34. The first-order chi connectivity index (χ1) is 9.34. The summed E-state index contributed by atoms with van der Waals surface area (Å²) in [5.74, 6) is 0. The second-order valence-electron chi connectivity index (χ2n) is 4.87. The number of aromatic amines is 1. The van der Waals surface area contributed by atoms with Gasteiger partial charge in [0.15, 0.2) is 0 Å². The Bertz CT molecular complexity index is 742. The van der Waals surface area contributed by atoms with Crippen LogP contribution >= 0.6 is 15.9 Å². The van der Waals surface area contributed by atoms with E-state index in [1.54, 1.807) is 6.20 Å². The largest absolute Gasteiger partial charge is 0.357 e. The first kappa shape index (κ1) is 11.4. The SMILES string of the molecule is Brc1c2cnnc2cc2c1c[nH]n2C1CCCCO1. The van der Waals surface area contributed by atoms with E-state index >= 15 is 0 Å². The van der Waals surface area contributed by atoms with E-state index in [0.717, 1.165) is 45.7 Å². The smallest absolute Gasteiger partial charge is 0.148 e. The summed E-state index contributed by atoms with van der Waals surface area (Å²) in [5, 5.41) is 13.6. The van der Waals surface area contributed by atoms with Gasteiger partial charge in [0.1, 0.15) is 6.23 Å². The molecule has 0 saturated carbocycles. The molecule has 19 heavy (non-hydrogen) atoms. The average Bonchev–Trinajstić information content (AvgIpc) is 3.07. The van der Waals surface area contributed by atoms with E-state index in [1.165, 1.54) is 6.42 Å². The maximum Gasteiger partial charge on any atom is 0.148 e. The minimum absolute atomic E-state index is 0.0959. The summed E-state index contributed by atoms with van der Waals surface area (Å²) >= 11 is 3.64. The summed E-state index contributed by atoms with van der Waals surface area (Å²) in [6, 6.07) is 2.07. The molecule has 3 aromatic rings. The summed E-state index contributed by atoms with van der Waals surface area (Å²) in [4.78, 5) is 0. The number of hydrogen-bond donors (Lipinski definition) is 1. The first-order valence-electron chi connectivity index (χ1n) is 6.45. The topological polar surface area (TPSA) is 55.7 Å². The van der Waals surface area contributed by atoms with Gasteiger partial charge in [-0.1, -0.05) is 0 Å². The lowest BCUT2D eigenvalue weighted by Gasteiger charge is -2.24. The molecule has 1 aromatic carbocycles. The lowest BCUT2D eigenvalue weighted by Crippen LogP contribution is -2.18. The zero-order valence-electron chi connectivity index (χ0n) is 10.3. The molecule has 1 fully saturated rings. The molecule has 6 heteroatoms. The van der Waals surface area contributed by atoms with Gasteiger partial charge in [-0.2, -0.15) is 10.2 Å². The molecule has 1 atom stereocenters. The zero-order valence-corrected chi connectivity index (χ0v) is 11.9. The monoisotopic (exact) mass is 320 g/mol. The van der Waals surface area contributed by atoms with Gasteiger partial charge < -0.3 is 9.84 Å². The number of H-pyrrole nitrogens is 1. The van der Waals surface area contributed by atoms with E-state index in [4.69, 9.17) is 4.74 Å². The van der Waals surface area contributed by atoms with Gasteiger partial charge in [0, 0.05) is 28.0 Å². The molecule has 5 nitrogen and oxygen atoms in total. The second kappa shape index (κ2) is 4.31. The van der Waals surface area contributed by atoms with Crippen LogP contribution in [0.4, 0.5) is 0 Å². The van der Waals surface area contributed by atoms with Crippen molar-refractivity contribution in [2.24, 2.45) is 0 Å². The van der Waals surface area contributed by atoms with Crippen LogP contribution in [0.2, 0.25) is 0 Å². The fourth-order valence-electron chi connectivity index (χ4n) is 2.72. The zero-order chi connectivity index (χ0) is 12.8. The van der Waals surface area contributed by atoms with Gasteiger partial charge in [0.2, 0.25) is 0 Å². The number of aromatic nitrogens is 4. The van der Waals surface area contributed by atoms with Crippen molar-refractivity contribution in [2.45, 2.75) is 25.5 Å². The van der Waals surface area contributed by atoms with Gasteiger partial charge >= 0.3 is 0 Å². The van der Waals surface area contributed by atoms with Gasteiger partial charge in [-0.05, 0) is 41.3 Å². The number of benzene rings is 1. The highest BCUT2D eigenvalue weighted by Gasteiger charge is 2.19. The fraction of sp³-hybridized carbons (Fsp3) is 0.385. The number of nitrogens with one attached hydrogen (secondary N) is 1. The van der Waals surface area contributed by atoms with Gasteiger partial charge in [-0.3, -0.25) is 4.68 Å². The molecule has 98 valence electrons. The van der Waals surface area contributed by atoms with Gasteiger partial charge in [-0.25, -0.2) is 0 Å². The molecule has 1 aliphatic rings. The minimum atomic E-state index is 0.0959. The molecule has 4 rings (SSSR count). The van der Waals surface area contributed by atoms with Crippen molar-refractivity contribution in [1.29, 1.82) is 0 Å². The summed E-state index contributed by atoms with van der Waals surface area (Å²) in [6.45, 7) is 0.831. The second-order valence-corrected chi connectivity index (χ2v) is 5.66. The Hall–Kier alpha value is -1.40. The third kappa shape index (κ3) is 1.70. The quantitative estimate of drug-likeness (QED) is 0.747. The lowest BCUT2D eigenvalue weighted by atomic mass is 10.1. The molecule has 0 amide bonds. The molecule has 0 aliphatic carbocycles. The van der Waals surface area contributed by atoms with Crippen LogP contribution in [0, 0.1) is 0 Å². The van der Waals surface area contributed by atoms with E-state index in [1.807, 2.05) is 6.20 Å². The van der Waals surface area contributed by atoms with Crippen molar-refractivity contribution in [3.63, 3.8) is 0 Å². The molecule has 1 saturated heterocycles. The fourth-order valence-corrected chi connectivity index (χ4v) is 3.34. The number of hydrogen-bond acceptors (Lipinski definition) is 3. The van der Waals surface area contributed by atoms with Crippen LogP contribution in [0.5, 0.6) is 0 Å². The molecule has 3 heterocycles. The highest BCUT2D eigenvalue weighted by molar-refractivity contribution is 9.10. The van der Waals surface area contributed by atoms with Crippen molar-refractivity contribution < 1.29 is 4.74 Å². The summed E-state index contributed by atoms with van der Waals surface area (Å²) < 4.78 is 8.97. The molecule has 0 spiro atoms. The van der Waals surface area contributed by atoms with Crippen molar-refractivity contribution >= 4 is 37.7 Å². The van der Waals surface area contributed by atoms with Crippen LogP contribution in [0.15, 0.2) is 22.9 Å². The molecule has 1 unspecified atom stereocenters. The van der Waals surface area contributed by atoms with Gasteiger partial charge in [0.25, 0.3) is 0 Å². The maximum absolute atomic E-state index is 5.84. The molecule has 2 aromatic heterocycles. The van der Waals surface area contributed by atoms with Crippen molar-refractivity contribution in [1.82, 2.24) is 20.0 Å². The Kier molecular flexibility index (Phi) is 2.60. The Balaban J connectivity index is 1.94. The van der Waals surface area contributed by atoms with E-state index < -0.39 is 0 Å². The third-order valence-electron chi connectivity index (χ3n) is 3.70. The van der Waals surface area contributed by atoms with Crippen LogP contribution in [-0.4, -0.2) is 26.6 Å².